The van der Waals surface area contributed by atoms with Crippen molar-refractivity contribution in [2.24, 2.45) is 0 Å². The lowest BCUT2D eigenvalue weighted by Crippen LogP contribution is -2.39. The Morgan fingerprint density at radius 2 is 1.48 bits per heavy atom. The molecule has 0 bridgehead atoms. The van der Waals surface area contributed by atoms with E-state index in [1.165, 1.54) is 24.3 Å². The minimum Gasteiger partial charge on any atom is -0.459 e. The maximum atomic E-state index is 13.9. The summed E-state index contributed by atoms with van der Waals surface area (Å²) in [5.41, 5.74) is 1.42. The van der Waals surface area contributed by atoms with Crippen molar-refractivity contribution in [2.75, 3.05) is 0 Å². The van der Waals surface area contributed by atoms with E-state index in [0.29, 0.717) is 5.56 Å². The summed E-state index contributed by atoms with van der Waals surface area (Å²) in [4.78, 5) is 23.2. The van der Waals surface area contributed by atoms with Gasteiger partial charge in [0.05, 0.1) is 10.4 Å². The Balaban J connectivity index is 1.83. The van der Waals surface area contributed by atoms with Crippen LogP contribution in [-0.2, 0) is 20.7 Å². The van der Waals surface area contributed by atoms with Crippen molar-refractivity contribution in [2.45, 2.75) is 12.4 Å². The van der Waals surface area contributed by atoms with E-state index in [1.54, 1.807) is 60.7 Å². The monoisotopic (exact) mass is 486 g/mol. The van der Waals surface area contributed by atoms with E-state index < -0.39 is 24.3 Å². The number of rotatable bonds is 11. The number of thiocarbonyl (C=S) groups is 1. The van der Waals surface area contributed by atoms with Gasteiger partial charge in [0, 0.05) is 12.1 Å². The third kappa shape index (κ3) is 6.61. The van der Waals surface area contributed by atoms with E-state index in [-0.39, 0.29) is 23.8 Å². The normalized spacial score (nSPS) is 11.6. The lowest BCUT2D eigenvalue weighted by atomic mass is 10.2. The van der Waals surface area contributed by atoms with Crippen LogP contribution >= 0.6 is 19.8 Å². The number of nitrogens with one attached hydrogen (secondary N) is 1. The molecule has 1 N–H and O–H groups in total. The number of para-hydroxylation sites is 2. The summed E-state index contributed by atoms with van der Waals surface area (Å²) in [5, 5.41) is 13.3. The van der Waals surface area contributed by atoms with Crippen molar-refractivity contribution in [1.29, 1.82) is 0 Å². The summed E-state index contributed by atoms with van der Waals surface area (Å²) in [7, 11) is -4.26. The van der Waals surface area contributed by atoms with Crippen molar-refractivity contribution in [3.63, 3.8) is 0 Å². The lowest BCUT2D eigenvalue weighted by molar-refractivity contribution is -0.384. The number of carbonyl (C=O) groups is 1. The molecule has 0 radical (unpaired) electrons. The van der Waals surface area contributed by atoms with Gasteiger partial charge in [0.15, 0.2) is 0 Å². The standard InChI is InChI=1S/C22H19N2O7PS/c25-22(29-15-17-11-13-18(14-12-17)24(26)27)21(23-16-33)32(28,30-19-7-3-1-4-8-19)31-20-9-5-2-6-10-20/h1-14,16,21H,15H2,(H,23,33). The molecule has 1 atom stereocenters. The Labute approximate surface area is 195 Å². The summed E-state index contributed by atoms with van der Waals surface area (Å²) < 4.78 is 30.5. The van der Waals surface area contributed by atoms with Gasteiger partial charge in [-0.1, -0.05) is 48.6 Å². The molecule has 9 nitrogen and oxygen atoms in total. The molecule has 0 amide bonds. The van der Waals surface area contributed by atoms with Gasteiger partial charge in [-0.3, -0.25) is 10.1 Å². The molecule has 11 heteroatoms. The maximum Gasteiger partial charge on any atom is 0.464 e. The molecule has 170 valence electrons. The second-order valence-electron chi connectivity index (χ2n) is 6.57. The molecule has 0 aliphatic rings. The zero-order chi connectivity index (χ0) is 23.7. The number of hydrogen-bond donors (Lipinski definition) is 1. The van der Waals surface area contributed by atoms with Gasteiger partial charge < -0.3 is 19.1 Å². The molecular formula is C22H19N2O7PS. The van der Waals surface area contributed by atoms with Gasteiger partial charge in [-0.05, 0) is 42.0 Å². The highest BCUT2D eigenvalue weighted by atomic mass is 32.1. The first kappa shape index (κ1) is 23.9. The zero-order valence-corrected chi connectivity index (χ0v) is 18.8. The van der Waals surface area contributed by atoms with Crippen LogP contribution in [0.5, 0.6) is 11.5 Å². The van der Waals surface area contributed by atoms with Gasteiger partial charge in [-0.15, -0.1) is 0 Å². The second-order valence-corrected chi connectivity index (χ2v) is 8.76. The van der Waals surface area contributed by atoms with Crippen molar-refractivity contribution < 1.29 is 28.1 Å². The number of nitro benzene ring substituents is 1. The predicted octanol–water partition coefficient (Wildman–Crippen LogP) is 4.86. The van der Waals surface area contributed by atoms with Crippen LogP contribution in [0.4, 0.5) is 5.69 Å². The van der Waals surface area contributed by atoms with Crippen LogP contribution in [-0.4, -0.2) is 22.2 Å². The van der Waals surface area contributed by atoms with E-state index in [4.69, 9.17) is 26.0 Å². The first-order valence-corrected chi connectivity index (χ1v) is 11.7. The van der Waals surface area contributed by atoms with Crippen molar-refractivity contribution >= 4 is 37.0 Å². The highest BCUT2D eigenvalue weighted by Gasteiger charge is 2.45. The van der Waals surface area contributed by atoms with Gasteiger partial charge in [0.1, 0.15) is 18.1 Å². The maximum absolute atomic E-state index is 13.9. The van der Waals surface area contributed by atoms with Gasteiger partial charge in [0.2, 0.25) is 0 Å². The molecule has 0 spiro atoms. The average Bonchev–Trinajstić information content (AvgIpc) is 2.82. The first-order valence-electron chi connectivity index (χ1n) is 9.60. The topological polar surface area (TPSA) is 117 Å². The number of nitrogens with zero attached hydrogens (tertiary/aromatic N) is 1. The summed E-state index contributed by atoms with van der Waals surface area (Å²) in [6.45, 7) is -0.219. The molecule has 0 fully saturated rings. The van der Waals surface area contributed by atoms with Crippen LogP contribution < -0.4 is 14.4 Å². The van der Waals surface area contributed by atoms with Crippen LogP contribution in [0.1, 0.15) is 5.56 Å². The van der Waals surface area contributed by atoms with Crippen LogP contribution in [0.3, 0.4) is 0 Å². The molecule has 0 heterocycles. The molecule has 33 heavy (non-hydrogen) atoms. The van der Waals surface area contributed by atoms with Crippen molar-refractivity contribution in [3.8, 4) is 11.5 Å². The van der Waals surface area contributed by atoms with Gasteiger partial charge in [-0.2, -0.15) is 0 Å². The Bertz CT molecular complexity index is 1100. The smallest absolute Gasteiger partial charge is 0.459 e. The molecule has 1 unspecified atom stereocenters. The minimum atomic E-state index is -4.26. The Morgan fingerprint density at radius 1 is 0.970 bits per heavy atom. The lowest BCUT2D eigenvalue weighted by Gasteiger charge is -2.26. The van der Waals surface area contributed by atoms with Crippen LogP contribution in [0, 0.1) is 10.1 Å². The van der Waals surface area contributed by atoms with E-state index in [9.17, 15) is 19.5 Å². The largest absolute Gasteiger partial charge is 0.464 e. The van der Waals surface area contributed by atoms with Gasteiger partial charge >= 0.3 is 13.6 Å². The molecular weight excluding hydrogens is 467 g/mol. The van der Waals surface area contributed by atoms with E-state index in [0.717, 1.165) is 5.49 Å². The average molecular weight is 486 g/mol. The molecule has 0 saturated carbocycles. The Hall–Kier alpha value is -3.75. The predicted molar refractivity (Wildman–Crippen MR) is 125 cm³/mol. The van der Waals surface area contributed by atoms with Crippen LogP contribution in [0.2, 0.25) is 0 Å². The highest BCUT2D eigenvalue weighted by Crippen LogP contribution is 2.52. The molecule has 0 aliphatic heterocycles. The minimum absolute atomic E-state index is 0.0950. The second kappa shape index (κ2) is 11.2. The SMILES string of the molecule is O=C(OCc1ccc([N+](=O)[O-])cc1)C(NC=S)P(=O)(Oc1ccccc1)Oc1ccccc1. The number of esters is 1. The molecule has 3 aromatic rings. The first-order chi connectivity index (χ1) is 15.9. The molecule has 3 aromatic carbocycles. The highest BCUT2D eigenvalue weighted by molar-refractivity contribution is 7.78. The Morgan fingerprint density at radius 3 is 1.94 bits per heavy atom. The van der Waals surface area contributed by atoms with E-state index >= 15 is 0 Å². The summed E-state index contributed by atoms with van der Waals surface area (Å²) >= 11 is 4.82. The van der Waals surface area contributed by atoms with E-state index in [1.807, 2.05) is 0 Å². The fourth-order valence-electron chi connectivity index (χ4n) is 2.68. The van der Waals surface area contributed by atoms with Gasteiger partial charge in [0.25, 0.3) is 11.5 Å². The number of carbonyl (C=O) groups excluding carboxylic acids is 1. The molecule has 0 aliphatic carbocycles. The quantitative estimate of drug-likeness (QED) is 0.133. The number of nitro groups is 1. The van der Waals surface area contributed by atoms with Crippen LogP contribution in [0.15, 0.2) is 84.9 Å². The molecule has 0 aromatic heterocycles. The van der Waals surface area contributed by atoms with Crippen LogP contribution in [0.25, 0.3) is 0 Å². The third-order valence-electron chi connectivity index (χ3n) is 4.25. The fourth-order valence-corrected chi connectivity index (χ4v) is 4.59. The number of benzene rings is 3. The number of hydrogen-bond acceptors (Lipinski definition) is 8. The fraction of sp³-hybridized carbons (Fsp3) is 0.0909. The van der Waals surface area contributed by atoms with Crippen molar-refractivity contribution in [1.82, 2.24) is 5.32 Å². The summed E-state index contributed by atoms with van der Waals surface area (Å²) in [5.74, 6) is -2.08. The zero-order valence-electron chi connectivity index (χ0n) is 17.1. The summed E-state index contributed by atoms with van der Waals surface area (Å²) in [6, 6.07) is 22.0. The summed E-state index contributed by atoms with van der Waals surface area (Å²) in [6.07, 6.45) is 0. The van der Waals surface area contributed by atoms with Crippen molar-refractivity contribution in [3.05, 3.63) is 101 Å². The third-order valence-corrected chi connectivity index (χ3v) is 6.30. The molecule has 0 saturated heterocycles. The molecule has 3 rings (SSSR count). The number of non-ortho nitro benzene ring substituents is 1. The number of ether oxygens (including phenoxy) is 1. The van der Waals surface area contributed by atoms with Gasteiger partial charge in [-0.25, -0.2) is 9.36 Å². The van der Waals surface area contributed by atoms with E-state index in [2.05, 4.69) is 5.32 Å². The Kier molecular flexibility index (Phi) is 8.12.